The first-order chi connectivity index (χ1) is 11.7. The predicted octanol–water partition coefficient (Wildman–Crippen LogP) is 4.10. The Morgan fingerprint density at radius 3 is 2.62 bits per heavy atom. The summed E-state index contributed by atoms with van der Waals surface area (Å²) in [6.07, 6.45) is 7.35. The van der Waals surface area contributed by atoms with Gasteiger partial charge in [-0.15, -0.1) is 0 Å². The molecule has 0 atom stereocenters. The molecule has 116 valence electrons. The van der Waals surface area contributed by atoms with E-state index in [0.29, 0.717) is 0 Å². The molecule has 0 N–H and O–H groups in total. The Morgan fingerprint density at radius 1 is 0.958 bits per heavy atom. The van der Waals surface area contributed by atoms with Crippen molar-refractivity contribution in [1.82, 2.24) is 9.97 Å². The Morgan fingerprint density at radius 2 is 1.83 bits per heavy atom. The molecule has 0 aliphatic rings. The molecular weight excluding hydrogens is 294 g/mol. The van der Waals surface area contributed by atoms with Crippen molar-refractivity contribution in [3.63, 3.8) is 0 Å². The van der Waals surface area contributed by atoms with Crippen LogP contribution in [0.5, 0.6) is 0 Å². The molecule has 3 heteroatoms. The van der Waals surface area contributed by atoms with Crippen molar-refractivity contribution in [2.75, 3.05) is 0 Å². The van der Waals surface area contributed by atoms with E-state index in [-0.39, 0.29) is 0 Å². The third-order valence-corrected chi connectivity index (χ3v) is 4.40. The minimum atomic E-state index is 0.890. The van der Waals surface area contributed by atoms with Crippen molar-refractivity contribution in [2.45, 2.75) is 6.92 Å². The zero-order valence-corrected chi connectivity index (χ0v) is 13.8. The van der Waals surface area contributed by atoms with Crippen molar-refractivity contribution in [1.29, 1.82) is 0 Å². The van der Waals surface area contributed by atoms with Crippen LogP contribution in [0.15, 0.2) is 73.3 Å². The molecule has 4 rings (SSSR count). The second-order valence-electron chi connectivity index (χ2n) is 5.98. The van der Waals surface area contributed by atoms with Gasteiger partial charge in [-0.3, -0.25) is 9.97 Å². The quantitative estimate of drug-likeness (QED) is 0.522. The van der Waals surface area contributed by atoms with Crippen LogP contribution in [0.4, 0.5) is 0 Å². The largest absolute Gasteiger partial charge is 0.261 e. The third-order valence-electron chi connectivity index (χ3n) is 4.40. The fourth-order valence-electron chi connectivity index (χ4n) is 3.14. The molecule has 0 saturated carbocycles. The Bertz CT molecular complexity index is 1020. The first kappa shape index (κ1) is 14.5. The molecule has 24 heavy (non-hydrogen) atoms. The van der Waals surface area contributed by atoms with Crippen LogP contribution >= 0.6 is 0 Å². The lowest BCUT2D eigenvalue weighted by molar-refractivity contribution is -0.659. The van der Waals surface area contributed by atoms with Gasteiger partial charge in [-0.2, -0.15) is 0 Å². The monoisotopic (exact) mass is 312 g/mol. The number of benzene rings is 2. The van der Waals surface area contributed by atoms with Crippen molar-refractivity contribution in [3.05, 3.63) is 78.9 Å². The number of nitrogens with zero attached hydrogens (tertiary/aromatic N) is 3. The van der Waals surface area contributed by atoms with Gasteiger partial charge in [-0.25, -0.2) is 4.57 Å². The minimum Gasteiger partial charge on any atom is -0.261 e. The first-order valence-electron chi connectivity index (χ1n) is 7.99. The molecule has 0 fully saturated rings. The highest BCUT2D eigenvalue weighted by Gasteiger charge is 2.17. The van der Waals surface area contributed by atoms with Crippen molar-refractivity contribution in [2.24, 2.45) is 7.05 Å². The molecular formula is C21H18N3+. The van der Waals surface area contributed by atoms with Crippen LogP contribution < -0.4 is 4.57 Å². The smallest absolute Gasteiger partial charge is 0.220 e. The zero-order chi connectivity index (χ0) is 16.5. The normalized spacial score (nSPS) is 10.9. The Labute approximate surface area is 141 Å². The van der Waals surface area contributed by atoms with E-state index >= 15 is 0 Å². The highest BCUT2D eigenvalue weighted by atomic mass is 14.9. The number of aromatic nitrogens is 3. The highest BCUT2D eigenvalue weighted by molar-refractivity contribution is 5.96. The second kappa shape index (κ2) is 5.85. The molecule has 0 aliphatic carbocycles. The summed E-state index contributed by atoms with van der Waals surface area (Å²) < 4.78 is 2.19. The van der Waals surface area contributed by atoms with Crippen LogP contribution in [0.1, 0.15) is 5.56 Å². The summed E-state index contributed by atoms with van der Waals surface area (Å²) in [6, 6.07) is 17.1. The van der Waals surface area contributed by atoms with Gasteiger partial charge in [-0.05, 0) is 30.0 Å². The molecule has 0 amide bonds. The fourth-order valence-corrected chi connectivity index (χ4v) is 3.14. The van der Waals surface area contributed by atoms with Gasteiger partial charge >= 0.3 is 0 Å². The van der Waals surface area contributed by atoms with Crippen LogP contribution in [0.2, 0.25) is 0 Å². The van der Waals surface area contributed by atoms with E-state index in [9.17, 15) is 0 Å². The molecule has 3 nitrogen and oxygen atoms in total. The molecule has 0 aliphatic heterocycles. The third kappa shape index (κ3) is 2.44. The maximum atomic E-state index is 4.43. The lowest BCUT2D eigenvalue weighted by Crippen LogP contribution is -2.30. The minimum absolute atomic E-state index is 0.890. The Balaban J connectivity index is 2.02. The van der Waals surface area contributed by atoms with Crippen LogP contribution in [0.25, 0.3) is 33.3 Å². The van der Waals surface area contributed by atoms with E-state index in [4.69, 9.17) is 0 Å². The van der Waals surface area contributed by atoms with Crippen molar-refractivity contribution in [3.8, 4) is 22.5 Å². The predicted molar refractivity (Wildman–Crippen MR) is 96.3 cm³/mol. The number of aryl methyl sites for hydroxylation is 2. The molecule has 0 unspecified atom stereocenters. The summed E-state index contributed by atoms with van der Waals surface area (Å²) in [7, 11) is 2.09. The van der Waals surface area contributed by atoms with Crippen LogP contribution in [-0.2, 0) is 7.05 Å². The van der Waals surface area contributed by atoms with Crippen molar-refractivity contribution < 1.29 is 4.57 Å². The summed E-state index contributed by atoms with van der Waals surface area (Å²) in [4.78, 5) is 8.61. The fraction of sp³-hybridized carbons (Fsp3) is 0.0952. The van der Waals surface area contributed by atoms with Crippen molar-refractivity contribution >= 4 is 10.8 Å². The van der Waals surface area contributed by atoms with Gasteiger partial charge < -0.3 is 0 Å². The van der Waals surface area contributed by atoms with Crippen LogP contribution in [0.3, 0.4) is 0 Å². The highest BCUT2D eigenvalue weighted by Crippen LogP contribution is 2.30. The van der Waals surface area contributed by atoms with Gasteiger partial charge in [0.15, 0.2) is 6.20 Å². The van der Waals surface area contributed by atoms with Crippen LogP contribution in [0, 0.1) is 6.92 Å². The number of rotatable bonds is 2. The second-order valence-corrected chi connectivity index (χ2v) is 5.98. The van der Waals surface area contributed by atoms with Gasteiger partial charge in [0.25, 0.3) is 0 Å². The van der Waals surface area contributed by atoms with Gasteiger partial charge in [-0.1, -0.05) is 30.3 Å². The lowest BCUT2D eigenvalue weighted by Gasteiger charge is -2.09. The Kier molecular flexibility index (Phi) is 3.54. The Hall–Kier alpha value is -3.07. The summed E-state index contributed by atoms with van der Waals surface area (Å²) in [5, 5.41) is 2.44. The molecule has 0 radical (unpaired) electrons. The number of pyridine rings is 1. The molecule has 4 aromatic rings. The molecule has 0 bridgehead atoms. The van der Waals surface area contributed by atoms with E-state index in [0.717, 1.165) is 11.3 Å². The van der Waals surface area contributed by atoms with Gasteiger partial charge in [0, 0.05) is 29.6 Å². The molecule has 0 saturated heterocycles. The number of hydrogen-bond donors (Lipinski definition) is 0. The van der Waals surface area contributed by atoms with E-state index in [1.54, 1.807) is 18.6 Å². The summed E-state index contributed by atoms with van der Waals surface area (Å²) in [5.41, 5.74) is 5.71. The van der Waals surface area contributed by atoms with E-state index in [1.165, 1.54) is 27.6 Å². The summed E-state index contributed by atoms with van der Waals surface area (Å²) in [6.45, 7) is 2.15. The maximum Gasteiger partial charge on any atom is 0.220 e. The van der Waals surface area contributed by atoms with Crippen LogP contribution in [-0.4, -0.2) is 9.97 Å². The van der Waals surface area contributed by atoms with Gasteiger partial charge in [0.2, 0.25) is 5.69 Å². The topological polar surface area (TPSA) is 29.7 Å². The maximum absolute atomic E-state index is 4.43. The summed E-state index contributed by atoms with van der Waals surface area (Å²) >= 11 is 0. The lowest BCUT2D eigenvalue weighted by atomic mass is 9.98. The number of hydrogen-bond acceptors (Lipinski definition) is 2. The first-order valence-corrected chi connectivity index (χ1v) is 7.99. The van der Waals surface area contributed by atoms with E-state index in [2.05, 4.69) is 83.2 Å². The van der Waals surface area contributed by atoms with E-state index in [1.807, 2.05) is 0 Å². The number of fused-ring (bicyclic) bond motifs is 1. The molecule has 2 aromatic heterocycles. The average molecular weight is 312 g/mol. The van der Waals surface area contributed by atoms with E-state index < -0.39 is 0 Å². The molecule has 0 spiro atoms. The zero-order valence-electron chi connectivity index (χ0n) is 13.8. The standard InChI is InChI=1S/C21H18N3/c1-15-5-3-4-6-18(15)21-19-13-17(20-14-22-10-11-23-20)8-7-16(19)9-12-24(21)2/h3-14H,1-2H3/q+1. The summed E-state index contributed by atoms with van der Waals surface area (Å²) in [5.74, 6) is 0. The van der Waals surface area contributed by atoms with Gasteiger partial charge in [0.05, 0.1) is 17.3 Å². The van der Waals surface area contributed by atoms with Gasteiger partial charge in [0.1, 0.15) is 7.05 Å². The average Bonchev–Trinajstić information content (AvgIpc) is 2.63. The molecule has 2 aromatic carbocycles. The molecule has 2 heterocycles. The SMILES string of the molecule is Cc1ccccc1-c1c2cc(-c3cnccn3)ccc2cc[n+]1C.